The molecule has 2 heteroatoms. The number of unbranched alkanes of at least 4 members (excludes halogenated alkanes) is 8. The maximum Gasteiger partial charge on any atom is 0.0316 e. The molecule has 4 aromatic carbocycles. The van der Waals surface area contributed by atoms with Crippen LogP contribution in [0.25, 0.3) is 0 Å². The first-order chi connectivity index (χ1) is 26.3. The fourth-order valence-electron chi connectivity index (χ4n) is 10.1. The van der Waals surface area contributed by atoms with E-state index in [9.17, 15) is 0 Å². The molecule has 1 fully saturated rings. The highest BCUT2D eigenvalue weighted by Gasteiger charge is 2.42. The Labute approximate surface area is 330 Å². The van der Waals surface area contributed by atoms with Gasteiger partial charge in [-0.15, -0.1) is 0 Å². The van der Waals surface area contributed by atoms with Crippen LogP contribution in [-0.4, -0.2) is 0 Å². The lowest BCUT2D eigenvalue weighted by atomic mass is 9.59. The van der Waals surface area contributed by atoms with E-state index in [0.29, 0.717) is 17.8 Å². The Hall–Kier alpha value is -3.52. The van der Waals surface area contributed by atoms with Crippen LogP contribution in [0.3, 0.4) is 0 Å². The Morgan fingerprint density at radius 1 is 0.519 bits per heavy atom. The molecule has 0 bridgehead atoms. The van der Waals surface area contributed by atoms with Gasteiger partial charge in [0, 0.05) is 28.6 Å². The van der Waals surface area contributed by atoms with E-state index in [4.69, 9.17) is 11.5 Å². The van der Waals surface area contributed by atoms with Crippen LogP contribution < -0.4 is 11.5 Å². The van der Waals surface area contributed by atoms with Crippen molar-refractivity contribution in [2.75, 3.05) is 11.5 Å². The molecule has 54 heavy (non-hydrogen) atoms. The van der Waals surface area contributed by atoms with E-state index in [2.05, 4.69) is 120 Å². The molecule has 0 amide bonds. The minimum Gasteiger partial charge on any atom is -0.399 e. The van der Waals surface area contributed by atoms with Gasteiger partial charge < -0.3 is 11.5 Å². The molecule has 0 aromatic heterocycles. The molecule has 2 nitrogen and oxygen atoms in total. The van der Waals surface area contributed by atoms with Gasteiger partial charge in [0.25, 0.3) is 0 Å². The van der Waals surface area contributed by atoms with E-state index in [1.165, 1.54) is 167 Å². The lowest BCUT2D eigenvalue weighted by Crippen LogP contribution is -2.38. The second-order valence-corrected chi connectivity index (χ2v) is 17.0. The summed E-state index contributed by atoms with van der Waals surface area (Å²) in [6.07, 6.45) is 24.6. The molecule has 0 aliphatic heterocycles. The average molecular weight is 727 g/mol. The van der Waals surface area contributed by atoms with E-state index in [1.807, 2.05) is 0 Å². The maximum absolute atomic E-state index is 6.22. The normalized spacial score (nSPS) is 15.9. The zero-order valence-electron chi connectivity index (χ0n) is 34.9. The number of benzene rings is 4. The molecule has 4 aromatic rings. The molecule has 1 aliphatic rings. The summed E-state index contributed by atoms with van der Waals surface area (Å²) in [4.78, 5) is 0. The van der Waals surface area contributed by atoms with Crippen molar-refractivity contribution in [1.82, 2.24) is 0 Å². The molecule has 0 saturated heterocycles. The largest absolute Gasteiger partial charge is 0.399 e. The van der Waals surface area contributed by atoms with Crippen molar-refractivity contribution < 1.29 is 0 Å². The number of anilines is 2. The number of aryl methyl sites for hydroxylation is 2. The van der Waals surface area contributed by atoms with Crippen molar-refractivity contribution in [1.29, 1.82) is 0 Å². The van der Waals surface area contributed by atoms with Gasteiger partial charge in [0.2, 0.25) is 0 Å². The minimum atomic E-state index is 0.0208. The van der Waals surface area contributed by atoms with Crippen LogP contribution in [0.4, 0.5) is 11.4 Å². The highest BCUT2D eigenvalue weighted by Crippen LogP contribution is 2.50. The fraction of sp³-hybridized carbons (Fsp3) is 0.538. The molecule has 2 atom stereocenters. The Balaban J connectivity index is 1.57. The Kier molecular flexibility index (Phi) is 16.2. The third-order valence-corrected chi connectivity index (χ3v) is 13.2. The second kappa shape index (κ2) is 21.0. The summed E-state index contributed by atoms with van der Waals surface area (Å²) in [5.41, 5.74) is 25.6. The van der Waals surface area contributed by atoms with E-state index in [1.54, 1.807) is 0 Å². The van der Waals surface area contributed by atoms with Crippen LogP contribution in [0, 0.1) is 19.8 Å². The number of nitrogens with two attached hydrogens (primary N) is 2. The van der Waals surface area contributed by atoms with Crippen LogP contribution in [0.1, 0.15) is 199 Å². The van der Waals surface area contributed by atoms with Gasteiger partial charge in [0.05, 0.1) is 0 Å². The van der Waals surface area contributed by atoms with Crippen LogP contribution in [0.5, 0.6) is 0 Å². The molecule has 0 heterocycles. The van der Waals surface area contributed by atoms with Crippen molar-refractivity contribution in [2.45, 2.75) is 174 Å². The minimum absolute atomic E-state index is 0.0208. The first-order valence-corrected chi connectivity index (χ1v) is 22.2. The summed E-state index contributed by atoms with van der Waals surface area (Å²) < 4.78 is 0. The molecular weight excluding hydrogens is 653 g/mol. The van der Waals surface area contributed by atoms with Gasteiger partial charge in [-0.2, -0.15) is 0 Å². The van der Waals surface area contributed by atoms with Gasteiger partial charge in [0.1, 0.15) is 0 Å². The molecule has 0 radical (unpaired) electrons. The summed E-state index contributed by atoms with van der Waals surface area (Å²) in [7, 11) is 0. The van der Waals surface area contributed by atoms with Crippen molar-refractivity contribution >= 4 is 11.4 Å². The van der Waals surface area contributed by atoms with Crippen LogP contribution in [0.15, 0.2) is 84.9 Å². The Bertz CT molecular complexity index is 1570. The predicted octanol–water partition coefficient (Wildman–Crippen LogP) is 15.1. The molecule has 4 N–H and O–H groups in total. The van der Waals surface area contributed by atoms with Gasteiger partial charge in [-0.1, -0.05) is 171 Å². The molecule has 1 saturated carbocycles. The summed E-state index contributed by atoms with van der Waals surface area (Å²) in [5, 5.41) is 0. The van der Waals surface area contributed by atoms with Gasteiger partial charge in [0.15, 0.2) is 0 Å². The second-order valence-electron chi connectivity index (χ2n) is 17.0. The SMILES string of the molecule is CCCCCCCCCC(c1ccc(C(CCCC)c2ccc(N)cc2C)cc1)(c1ccc(C(CCCC)c2ccc(N)cc2C)cc1)C1CCCCC1. The smallest absolute Gasteiger partial charge is 0.0316 e. The van der Waals surface area contributed by atoms with Crippen molar-refractivity contribution in [2.24, 2.45) is 5.92 Å². The van der Waals surface area contributed by atoms with E-state index in [-0.39, 0.29) is 5.41 Å². The van der Waals surface area contributed by atoms with Gasteiger partial charge in [-0.25, -0.2) is 0 Å². The topological polar surface area (TPSA) is 52.0 Å². The summed E-state index contributed by atoms with van der Waals surface area (Å²) in [6, 6.07) is 33.3. The van der Waals surface area contributed by atoms with E-state index >= 15 is 0 Å². The lowest BCUT2D eigenvalue weighted by molar-refractivity contribution is 0.220. The molecule has 5 rings (SSSR count). The number of hydrogen-bond donors (Lipinski definition) is 2. The average Bonchev–Trinajstić information content (AvgIpc) is 3.18. The number of rotatable bonds is 21. The zero-order chi connectivity index (χ0) is 38.3. The highest BCUT2D eigenvalue weighted by molar-refractivity contribution is 5.51. The molecule has 0 spiro atoms. The zero-order valence-corrected chi connectivity index (χ0v) is 34.9. The first kappa shape index (κ1) is 41.6. The van der Waals surface area contributed by atoms with Crippen LogP contribution in [-0.2, 0) is 5.41 Å². The van der Waals surface area contributed by atoms with E-state index in [0.717, 1.165) is 11.4 Å². The number of hydrogen-bond acceptors (Lipinski definition) is 2. The quantitative estimate of drug-likeness (QED) is 0.0663. The van der Waals surface area contributed by atoms with Crippen molar-refractivity contribution in [3.05, 3.63) is 129 Å². The summed E-state index contributed by atoms with van der Waals surface area (Å²) in [6.45, 7) is 11.4. The molecule has 1 aliphatic carbocycles. The monoisotopic (exact) mass is 727 g/mol. The maximum atomic E-state index is 6.22. The van der Waals surface area contributed by atoms with Gasteiger partial charge in [-0.05, 0) is 121 Å². The highest BCUT2D eigenvalue weighted by atomic mass is 14.5. The van der Waals surface area contributed by atoms with Crippen molar-refractivity contribution in [3.63, 3.8) is 0 Å². The van der Waals surface area contributed by atoms with Crippen molar-refractivity contribution in [3.8, 4) is 0 Å². The third kappa shape index (κ3) is 10.4. The first-order valence-electron chi connectivity index (χ1n) is 22.2. The van der Waals surface area contributed by atoms with Gasteiger partial charge >= 0.3 is 0 Å². The summed E-state index contributed by atoms with van der Waals surface area (Å²) >= 11 is 0. The molecule has 2 unspecified atom stereocenters. The predicted molar refractivity (Wildman–Crippen MR) is 237 cm³/mol. The standard InChI is InChI=1S/C52H74N2/c1-6-9-12-13-14-15-19-36-52(43-20-17-16-18-21-43,44-28-24-41(25-29-44)50(22-10-7-2)48-34-32-46(53)37-39(48)4)45-30-26-42(27-31-45)51(23-11-8-3)49-35-33-47(54)38-40(49)5/h24-35,37-38,43,50-51H,6-23,36,53-54H2,1-5H3. The van der Waals surface area contributed by atoms with E-state index < -0.39 is 0 Å². The summed E-state index contributed by atoms with van der Waals surface area (Å²) in [5.74, 6) is 1.44. The Morgan fingerprint density at radius 3 is 1.37 bits per heavy atom. The Morgan fingerprint density at radius 2 is 0.944 bits per heavy atom. The molecule has 292 valence electrons. The lowest BCUT2D eigenvalue weighted by Gasteiger charge is -2.45. The van der Waals surface area contributed by atoms with Gasteiger partial charge in [-0.3, -0.25) is 0 Å². The third-order valence-electron chi connectivity index (χ3n) is 13.2. The van der Waals surface area contributed by atoms with Crippen LogP contribution in [0.2, 0.25) is 0 Å². The molecular formula is C52H74N2. The number of nitrogen functional groups attached to an aromatic ring is 2. The fourth-order valence-corrected chi connectivity index (χ4v) is 10.1. The van der Waals surface area contributed by atoms with Crippen LogP contribution >= 0.6 is 0 Å².